The lowest BCUT2D eigenvalue weighted by Gasteiger charge is -2.32. The molecular weight excluding hydrogens is 451 g/mol. The third kappa shape index (κ3) is 5.35. The van der Waals surface area contributed by atoms with Gasteiger partial charge in [0.1, 0.15) is 17.5 Å². The number of carbonyl (C=O) groups excluding carboxylic acids is 2. The Morgan fingerprint density at radius 3 is 2.26 bits per heavy atom. The molecule has 10 nitrogen and oxygen atoms in total. The number of ether oxygens (including phenoxy) is 1. The van der Waals surface area contributed by atoms with E-state index in [0.29, 0.717) is 11.0 Å². The summed E-state index contributed by atoms with van der Waals surface area (Å²) >= 11 is 0. The van der Waals surface area contributed by atoms with Crippen molar-refractivity contribution in [1.29, 1.82) is 0 Å². The average molecular weight is 486 g/mol. The minimum Gasteiger partial charge on any atom is -0.460 e. The summed E-state index contributed by atoms with van der Waals surface area (Å²) < 4.78 is 18.7. The van der Waals surface area contributed by atoms with Crippen LogP contribution in [-0.2, 0) is 23.6 Å². The summed E-state index contributed by atoms with van der Waals surface area (Å²) in [6, 6.07) is 2.23. The van der Waals surface area contributed by atoms with Crippen LogP contribution in [0.25, 0.3) is 10.9 Å². The summed E-state index contributed by atoms with van der Waals surface area (Å²) in [6.45, 7) is 14.6. The monoisotopic (exact) mass is 486 g/mol. The van der Waals surface area contributed by atoms with Crippen LogP contribution in [0, 0.1) is 6.92 Å². The molecule has 1 aromatic heterocycles. The molecule has 1 aromatic carbocycles. The molecule has 1 amide bonds. The maximum absolute atomic E-state index is 13.5. The Morgan fingerprint density at radius 2 is 1.74 bits per heavy atom. The van der Waals surface area contributed by atoms with Gasteiger partial charge in [0, 0.05) is 12.1 Å². The van der Waals surface area contributed by atoms with Crippen molar-refractivity contribution in [3.05, 3.63) is 28.3 Å². The fraction of sp³-hybridized carbons (Fsp3) is 0.583. The number of anilines is 1. The molecule has 0 aliphatic carbocycles. The van der Waals surface area contributed by atoms with E-state index in [1.54, 1.807) is 39.8 Å². The van der Waals surface area contributed by atoms with Gasteiger partial charge in [-0.2, -0.15) is 0 Å². The molecule has 35 heavy (non-hydrogen) atoms. The van der Waals surface area contributed by atoms with Crippen molar-refractivity contribution < 1.29 is 23.6 Å². The summed E-state index contributed by atoms with van der Waals surface area (Å²) in [4.78, 5) is 42.5. The van der Waals surface area contributed by atoms with Gasteiger partial charge in [-0.1, -0.05) is 0 Å². The third-order valence-electron chi connectivity index (χ3n) is 6.44. The van der Waals surface area contributed by atoms with E-state index in [2.05, 4.69) is 4.98 Å². The number of hydrogen-bond donors (Lipinski definition) is 2. The van der Waals surface area contributed by atoms with Gasteiger partial charge < -0.3 is 25.5 Å². The van der Waals surface area contributed by atoms with Crippen molar-refractivity contribution in [2.24, 2.45) is 5.73 Å². The Kier molecular flexibility index (Phi) is 6.82. The highest BCUT2D eigenvalue weighted by atomic mass is 16.7. The van der Waals surface area contributed by atoms with Crippen LogP contribution in [0.5, 0.6) is 0 Å². The Bertz CT molecular complexity index is 1220. The summed E-state index contributed by atoms with van der Waals surface area (Å²) in [5.41, 5.74) is 10.8. The zero-order valence-corrected chi connectivity index (χ0v) is 21.7. The quantitative estimate of drug-likeness (QED) is 0.356. The fourth-order valence-corrected chi connectivity index (χ4v) is 4.02. The number of rotatable bonds is 6. The fourth-order valence-electron chi connectivity index (χ4n) is 4.02. The summed E-state index contributed by atoms with van der Waals surface area (Å²) in [6.07, 6.45) is -0.102. The highest BCUT2D eigenvalue weighted by Crippen LogP contribution is 2.36. The molecule has 1 atom stereocenters. The van der Waals surface area contributed by atoms with Gasteiger partial charge in [0.15, 0.2) is 0 Å². The number of aromatic nitrogens is 2. The first-order valence-electron chi connectivity index (χ1n) is 11.6. The number of benzene rings is 1. The van der Waals surface area contributed by atoms with Crippen LogP contribution < -0.4 is 22.5 Å². The smallest absolute Gasteiger partial charge is 0.460 e. The van der Waals surface area contributed by atoms with Crippen LogP contribution in [-0.4, -0.2) is 45.3 Å². The molecule has 2 aromatic rings. The number of hydrogen-bond acceptors (Lipinski definition) is 8. The number of fused-ring (bicyclic) bond motifs is 1. The molecule has 4 N–H and O–H groups in total. The van der Waals surface area contributed by atoms with Gasteiger partial charge in [-0.25, -0.2) is 4.98 Å². The Hall–Kier alpha value is -2.92. The van der Waals surface area contributed by atoms with Crippen molar-refractivity contribution in [3.8, 4) is 0 Å². The number of primary amides is 1. The largest absolute Gasteiger partial charge is 0.494 e. The lowest BCUT2D eigenvalue weighted by molar-refractivity contribution is -0.155. The zero-order chi connectivity index (χ0) is 26.5. The topological polar surface area (TPSA) is 149 Å². The van der Waals surface area contributed by atoms with Gasteiger partial charge in [0.25, 0.3) is 5.56 Å². The average Bonchev–Trinajstić information content (AvgIpc) is 2.89. The van der Waals surface area contributed by atoms with E-state index in [1.807, 2.05) is 27.7 Å². The van der Waals surface area contributed by atoms with E-state index >= 15 is 0 Å². The van der Waals surface area contributed by atoms with Crippen molar-refractivity contribution in [3.63, 3.8) is 0 Å². The SMILES string of the molecule is Cc1nc2cc(B3OC(C)(C)C(C)(C)O3)cc(N)c2c(=O)n1C(CCC(=O)OC(C)(C)C)C(N)=O. The molecule has 1 saturated heterocycles. The Labute approximate surface area is 205 Å². The van der Waals surface area contributed by atoms with E-state index in [0.717, 1.165) is 0 Å². The lowest BCUT2D eigenvalue weighted by Crippen LogP contribution is -2.41. The van der Waals surface area contributed by atoms with Crippen molar-refractivity contribution >= 4 is 41.0 Å². The summed E-state index contributed by atoms with van der Waals surface area (Å²) in [5.74, 6) is -0.983. The van der Waals surface area contributed by atoms with E-state index < -0.39 is 47.4 Å². The highest BCUT2D eigenvalue weighted by molar-refractivity contribution is 6.62. The highest BCUT2D eigenvalue weighted by Gasteiger charge is 2.51. The number of aryl methyl sites for hydroxylation is 1. The molecule has 1 aliphatic rings. The summed E-state index contributed by atoms with van der Waals surface area (Å²) in [5, 5.41) is 0.152. The van der Waals surface area contributed by atoms with Gasteiger partial charge in [0.2, 0.25) is 5.91 Å². The number of nitrogens with two attached hydrogens (primary N) is 2. The van der Waals surface area contributed by atoms with Crippen molar-refractivity contribution in [1.82, 2.24) is 9.55 Å². The number of carbonyl (C=O) groups is 2. The summed E-state index contributed by atoms with van der Waals surface area (Å²) in [7, 11) is -0.677. The molecule has 0 bridgehead atoms. The molecule has 3 rings (SSSR count). The van der Waals surface area contributed by atoms with Crippen LogP contribution in [0.15, 0.2) is 16.9 Å². The van der Waals surface area contributed by atoms with Crippen LogP contribution in [0.3, 0.4) is 0 Å². The minimum absolute atomic E-state index is 0.00983. The molecular formula is C24H35BN4O6. The maximum atomic E-state index is 13.5. The molecule has 1 fully saturated rings. The van der Waals surface area contributed by atoms with E-state index in [4.69, 9.17) is 25.5 Å². The molecule has 1 aliphatic heterocycles. The van der Waals surface area contributed by atoms with Gasteiger partial charge in [-0.3, -0.25) is 19.0 Å². The Morgan fingerprint density at radius 1 is 1.17 bits per heavy atom. The number of esters is 1. The maximum Gasteiger partial charge on any atom is 0.494 e. The first kappa shape index (κ1) is 26.7. The Balaban J connectivity index is 2.00. The van der Waals surface area contributed by atoms with Crippen molar-refractivity contribution in [2.75, 3.05) is 5.73 Å². The minimum atomic E-state index is -1.09. The normalized spacial score (nSPS) is 18.0. The van der Waals surface area contributed by atoms with Crippen LogP contribution in [0.1, 0.15) is 73.2 Å². The third-order valence-corrected chi connectivity index (χ3v) is 6.44. The lowest BCUT2D eigenvalue weighted by atomic mass is 9.78. The van der Waals surface area contributed by atoms with Crippen LogP contribution in [0.2, 0.25) is 0 Å². The second-order valence-electron chi connectivity index (χ2n) is 11.0. The van der Waals surface area contributed by atoms with Gasteiger partial charge in [-0.15, -0.1) is 0 Å². The molecule has 1 unspecified atom stereocenters. The number of amides is 1. The first-order valence-corrected chi connectivity index (χ1v) is 11.6. The molecule has 190 valence electrons. The van der Waals surface area contributed by atoms with E-state index in [1.165, 1.54) is 4.57 Å². The van der Waals surface area contributed by atoms with Crippen LogP contribution in [0.4, 0.5) is 5.69 Å². The molecule has 0 saturated carbocycles. The molecule has 2 heterocycles. The standard InChI is InChI=1S/C24H35BN4O6/c1-13-28-16-12-14(25-34-23(5,6)24(7,8)35-25)11-15(26)19(16)21(32)29(13)17(20(27)31)9-10-18(30)33-22(2,3)4/h11-12,17H,9-10,26H2,1-8H3,(H2,27,31). The predicted octanol–water partition coefficient (Wildman–Crippen LogP) is 1.73. The van der Waals surface area contributed by atoms with Gasteiger partial charge in [-0.05, 0) is 79.4 Å². The number of nitrogens with zero attached hydrogens (tertiary/aromatic N) is 2. The first-order chi connectivity index (χ1) is 15.9. The predicted molar refractivity (Wildman–Crippen MR) is 134 cm³/mol. The molecule has 0 radical (unpaired) electrons. The second kappa shape index (κ2) is 8.94. The van der Waals surface area contributed by atoms with E-state index in [9.17, 15) is 14.4 Å². The number of nitrogen functional groups attached to an aromatic ring is 1. The van der Waals surface area contributed by atoms with E-state index in [-0.39, 0.29) is 29.7 Å². The van der Waals surface area contributed by atoms with Crippen molar-refractivity contribution in [2.45, 2.75) is 91.1 Å². The molecule has 11 heteroatoms. The van der Waals surface area contributed by atoms with Gasteiger partial charge >= 0.3 is 13.1 Å². The van der Waals surface area contributed by atoms with Gasteiger partial charge in [0.05, 0.1) is 22.1 Å². The van der Waals surface area contributed by atoms with Crippen LogP contribution >= 0.6 is 0 Å². The second-order valence-corrected chi connectivity index (χ2v) is 11.0. The zero-order valence-electron chi connectivity index (χ0n) is 21.7. The molecule has 0 spiro atoms.